The van der Waals surface area contributed by atoms with Gasteiger partial charge in [0.05, 0.1) is 18.8 Å². The van der Waals surface area contributed by atoms with Crippen LogP contribution in [0.25, 0.3) is 0 Å². The Hall–Kier alpha value is -1.50. The smallest absolute Gasteiger partial charge is 0.258 e. The fourth-order valence-corrected chi connectivity index (χ4v) is 1.96. The first kappa shape index (κ1) is 13.9. The standard InChI is InChI=1S/C12H17F2N3O2/c1-12(2,10(13)14)11(18)17-9(4-5-19-17)8-6-15-16(3)7-8/h6-7,9-10H,4-5H2,1-3H3. The largest absolute Gasteiger partial charge is 0.275 e. The fourth-order valence-electron chi connectivity index (χ4n) is 1.96. The molecule has 1 fully saturated rings. The molecule has 5 nitrogen and oxygen atoms in total. The second-order valence-corrected chi connectivity index (χ2v) is 5.24. The van der Waals surface area contributed by atoms with Crippen molar-refractivity contribution in [3.63, 3.8) is 0 Å². The average molecular weight is 273 g/mol. The third kappa shape index (κ3) is 2.47. The van der Waals surface area contributed by atoms with Crippen molar-refractivity contribution in [2.75, 3.05) is 6.61 Å². The molecule has 2 heterocycles. The lowest BCUT2D eigenvalue weighted by Crippen LogP contribution is -2.43. The second kappa shape index (κ2) is 4.88. The van der Waals surface area contributed by atoms with E-state index in [1.54, 1.807) is 24.1 Å². The summed E-state index contributed by atoms with van der Waals surface area (Å²) in [5.41, 5.74) is -0.969. The predicted octanol–water partition coefficient (Wildman–Crippen LogP) is 1.92. The highest BCUT2D eigenvalue weighted by Gasteiger charge is 2.45. The number of alkyl halides is 2. The molecule has 0 bridgehead atoms. The maximum Gasteiger partial charge on any atom is 0.258 e. The molecule has 1 aliphatic rings. The molecular weight excluding hydrogens is 256 g/mol. The lowest BCUT2D eigenvalue weighted by molar-refractivity contribution is -0.194. The molecule has 1 atom stereocenters. The number of amides is 1. The number of hydroxylamine groups is 2. The second-order valence-electron chi connectivity index (χ2n) is 5.24. The van der Waals surface area contributed by atoms with Crippen LogP contribution in [0.4, 0.5) is 8.78 Å². The van der Waals surface area contributed by atoms with Crippen molar-refractivity contribution in [3.8, 4) is 0 Å². The molecule has 1 amide bonds. The average Bonchev–Trinajstić information content (AvgIpc) is 2.95. The predicted molar refractivity (Wildman–Crippen MR) is 63.1 cm³/mol. The molecular formula is C12H17F2N3O2. The summed E-state index contributed by atoms with van der Waals surface area (Å²) in [6.45, 7) is 2.79. The quantitative estimate of drug-likeness (QED) is 0.845. The normalized spacial score (nSPS) is 20.3. The van der Waals surface area contributed by atoms with Crippen LogP contribution in [0, 0.1) is 5.41 Å². The van der Waals surface area contributed by atoms with Gasteiger partial charge in [-0.2, -0.15) is 5.10 Å². The Kier molecular flexibility index (Phi) is 3.58. The zero-order valence-corrected chi connectivity index (χ0v) is 11.1. The van der Waals surface area contributed by atoms with Crippen LogP contribution >= 0.6 is 0 Å². The van der Waals surface area contributed by atoms with Gasteiger partial charge in [0.1, 0.15) is 5.41 Å². The lowest BCUT2D eigenvalue weighted by Gasteiger charge is -2.30. The van der Waals surface area contributed by atoms with Gasteiger partial charge in [0.15, 0.2) is 0 Å². The van der Waals surface area contributed by atoms with Crippen molar-refractivity contribution < 1.29 is 18.4 Å². The summed E-state index contributed by atoms with van der Waals surface area (Å²) in [6, 6.07) is -0.348. The van der Waals surface area contributed by atoms with Gasteiger partial charge in [-0.15, -0.1) is 0 Å². The first-order valence-electron chi connectivity index (χ1n) is 6.07. The van der Waals surface area contributed by atoms with Crippen LogP contribution in [0.5, 0.6) is 0 Å². The number of nitrogens with zero attached hydrogens (tertiary/aromatic N) is 3. The number of rotatable bonds is 3. The molecule has 1 aromatic rings. The number of carbonyl (C=O) groups is 1. The van der Waals surface area contributed by atoms with E-state index in [0.29, 0.717) is 13.0 Å². The molecule has 0 spiro atoms. The summed E-state index contributed by atoms with van der Waals surface area (Å²) in [4.78, 5) is 17.4. The molecule has 0 radical (unpaired) electrons. The zero-order chi connectivity index (χ0) is 14.2. The Bertz CT molecular complexity index is 473. The molecule has 1 unspecified atom stereocenters. The summed E-state index contributed by atoms with van der Waals surface area (Å²) in [6.07, 6.45) is 1.22. The van der Waals surface area contributed by atoms with E-state index in [0.717, 1.165) is 10.6 Å². The van der Waals surface area contributed by atoms with Crippen LogP contribution < -0.4 is 0 Å². The summed E-state index contributed by atoms with van der Waals surface area (Å²) in [5, 5.41) is 5.10. The van der Waals surface area contributed by atoms with Crippen molar-refractivity contribution in [1.29, 1.82) is 0 Å². The molecule has 0 aromatic carbocycles. The third-order valence-corrected chi connectivity index (χ3v) is 3.31. The summed E-state index contributed by atoms with van der Waals surface area (Å²) < 4.78 is 27.5. The van der Waals surface area contributed by atoms with Gasteiger partial charge in [0.25, 0.3) is 12.3 Å². The Balaban J connectivity index is 2.22. The highest BCUT2D eigenvalue weighted by molar-refractivity contribution is 5.82. The van der Waals surface area contributed by atoms with Crippen LogP contribution in [0.15, 0.2) is 12.4 Å². The highest BCUT2D eigenvalue weighted by atomic mass is 19.3. The fraction of sp³-hybridized carbons (Fsp3) is 0.667. The minimum atomic E-state index is -2.74. The van der Waals surface area contributed by atoms with E-state index in [1.165, 1.54) is 13.8 Å². The van der Waals surface area contributed by atoms with Crippen LogP contribution in [0.1, 0.15) is 31.9 Å². The molecule has 0 aliphatic carbocycles. The van der Waals surface area contributed by atoms with E-state index in [-0.39, 0.29) is 6.04 Å². The van der Waals surface area contributed by atoms with Gasteiger partial charge >= 0.3 is 0 Å². The number of carbonyl (C=O) groups excluding carboxylic acids is 1. The number of hydrogen-bond acceptors (Lipinski definition) is 3. The summed E-state index contributed by atoms with van der Waals surface area (Å²) in [7, 11) is 1.76. The van der Waals surface area contributed by atoms with E-state index >= 15 is 0 Å². The van der Waals surface area contributed by atoms with Crippen molar-refractivity contribution in [3.05, 3.63) is 18.0 Å². The van der Waals surface area contributed by atoms with Gasteiger partial charge in [0, 0.05) is 25.2 Å². The van der Waals surface area contributed by atoms with E-state index in [4.69, 9.17) is 4.84 Å². The van der Waals surface area contributed by atoms with E-state index in [2.05, 4.69) is 5.10 Å². The maximum absolute atomic E-state index is 12.9. The van der Waals surface area contributed by atoms with E-state index in [9.17, 15) is 13.6 Å². The Morgan fingerprint density at radius 2 is 2.26 bits per heavy atom. The number of halogens is 2. The molecule has 0 N–H and O–H groups in total. The Morgan fingerprint density at radius 3 is 2.79 bits per heavy atom. The Morgan fingerprint density at radius 1 is 1.58 bits per heavy atom. The Labute approximate surface area is 110 Å². The highest BCUT2D eigenvalue weighted by Crippen LogP contribution is 2.36. The van der Waals surface area contributed by atoms with E-state index < -0.39 is 17.7 Å². The van der Waals surface area contributed by atoms with Crippen molar-refractivity contribution in [1.82, 2.24) is 14.8 Å². The maximum atomic E-state index is 12.9. The first-order chi connectivity index (χ1) is 8.84. The summed E-state index contributed by atoms with van der Waals surface area (Å²) in [5.74, 6) is -0.700. The van der Waals surface area contributed by atoms with Gasteiger partial charge in [-0.3, -0.25) is 14.3 Å². The van der Waals surface area contributed by atoms with Gasteiger partial charge in [0.2, 0.25) is 0 Å². The molecule has 2 rings (SSSR count). The number of hydrogen-bond donors (Lipinski definition) is 0. The topological polar surface area (TPSA) is 47.4 Å². The van der Waals surface area contributed by atoms with Crippen LogP contribution in [-0.4, -0.2) is 33.8 Å². The SMILES string of the molecule is Cn1cc(C2CCON2C(=O)C(C)(C)C(F)F)cn1. The minimum absolute atomic E-state index is 0.338. The molecule has 1 saturated heterocycles. The molecule has 7 heteroatoms. The monoisotopic (exact) mass is 273 g/mol. The number of aromatic nitrogens is 2. The first-order valence-corrected chi connectivity index (χ1v) is 6.07. The van der Waals surface area contributed by atoms with Gasteiger partial charge < -0.3 is 0 Å². The van der Waals surface area contributed by atoms with Crippen molar-refractivity contribution in [2.45, 2.75) is 32.7 Å². The molecule has 1 aromatic heterocycles. The van der Waals surface area contributed by atoms with E-state index in [1.807, 2.05) is 0 Å². The lowest BCUT2D eigenvalue weighted by atomic mass is 9.92. The molecule has 19 heavy (non-hydrogen) atoms. The third-order valence-electron chi connectivity index (χ3n) is 3.31. The molecule has 106 valence electrons. The molecule has 0 saturated carbocycles. The number of aryl methyl sites for hydroxylation is 1. The minimum Gasteiger partial charge on any atom is -0.275 e. The summed E-state index contributed by atoms with van der Waals surface area (Å²) >= 11 is 0. The van der Waals surface area contributed by atoms with Crippen LogP contribution in [0.3, 0.4) is 0 Å². The van der Waals surface area contributed by atoms with Crippen molar-refractivity contribution >= 4 is 5.91 Å². The van der Waals surface area contributed by atoms with Gasteiger partial charge in [-0.05, 0) is 13.8 Å². The van der Waals surface area contributed by atoms with Gasteiger partial charge in [-0.25, -0.2) is 13.8 Å². The van der Waals surface area contributed by atoms with Crippen LogP contribution in [-0.2, 0) is 16.7 Å². The van der Waals surface area contributed by atoms with Crippen LogP contribution in [0.2, 0.25) is 0 Å². The van der Waals surface area contributed by atoms with Crippen molar-refractivity contribution in [2.24, 2.45) is 12.5 Å². The zero-order valence-electron chi connectivity index (χ0n) is 11.1. The molecule has 1 aliphatic heterocycles. The van der Waals surface area contributed by atoms with Gasteiger partial charge in [-0.1, -0.05) is 0 Å².